The van der Waals surface area contributed by atoms with E-state index < -0.39 is 0 Å². The molecule has 0 bridgehead atoms. The van der Waals surface area contributed by atoms with E-state index in [2.05, 4.69) is 22.1 Å². The number of fused-ring (bicyclic) bond motifs is 1. The summed E-state index contributed by atoms with van der Waals surface area (Å²) in [6, 6.07) is 3.71. The lowest BCUT2D eigenvalue weighted by Gasteiger charge is -2.33. The molecule has 2 saturated heterocycles. The molecule has 1 amide bonds. The third-order valence-electron chi connectivity index (χ3n) is 4.73. The van der Waals surface area contributed by atoms with Crippen molar-refractivity contribution in [3.63, 3.8) is 0 Å². The van der Waals surface area contributed by atoms with Crippen molar-refractivity contribution < 1.29 is 9.53 Å². The zero-order valence-electron chi connectivity index (χ0n) is 13.4. The van der Waals surface area contributed by atoms with Gasteiger partial charge in [0.2, 0.25) is 0 Å². The molecule has 2 aliphatic rings. The fraction of sp³-hybridized carbons (Fsp3) is 0.647. The number of anilines is 1. The highest BCUT2D eigenvalue weighted by Gasteiger charge is 2.41. The molecule has 1 aromatic heterocycles. The van der Waals surface area contributed by atoms with Gasteiger partial charge in [-0.05, 0) is 57.3 Å². The van der Waals surface area contributed by atoms with E-state index in [1.165, 1.54) is 6.42 Å². The Balaban J connectivity index is 1.58. The second kappa shape index (κ2) is 6.75. The standard InChI is InChI=1S/C17H25N3O2/c1-3-8-20-9-6-13-10-15(22-16(13)11-20)17(21)19-14-5-4-7-18-12(14)2/h4-5,7,13,15-16H,3,6,8-11H2,1-2H3,(H,19,21)/t13-,15-,16-/m1/s1. The van der Waals surface area contributed by atoms with Crippen LogP contribution in [-0.2, 0) is 9.53 Å². The van der Waals surface area contributed by atoms with E-state index in [0.29, 0.717) is 5.92 Å². The summed E-state index contributed by atoms with van der Waals surface area (Å²) in [6.45, 7) is 7.32. The molecule has 0 spiro atoms. The summed E-state index contributed by atoms with van der Waals surface area (Å²) in [4.78, 5) is 19.1. The van der Waals surface area contributed by atoms with Crippen molar-refractivity contribution in [1.29, 1.82) is 0 Å². The fourth-order valence-corrected chi connectivity index (χ4v) is 3.51. The molecule has 5 nitrogen and oxygen atoms in total. The summed E-state index contributed by atoms with van der Waals surface area (Å²) in [5.74, 6) is 0.492. The number of rotatable bonds is 4. The van der Waals surface area contributed by atoms with Crippen LogP contribution in [0.1, 0.15) is 31.9 Å². The van der Waals surface area contributed by atoms with Crippen molar-refractivity contribution in [2.75, 3.05) is 25.0 Å². The average Bonchev–Trinajstić information content (AvgIpc) is 2.93. The molecule has 0 aromatic carbocycles. The Labute approximate surface area is 132 Å². The number of aryl methyl sites for hydroxylation is 1. The number of pyridine rings is 1. The molecule has 3 rings (SSSR count). The van der Waals surface area contributed by atoms with Crippen LogP contribution in [-0.4, -0.2) is 47.6 Å². The van der Waals surface area contributed by atoms with E-state index in [1.807, 2.05) is 19.1 Å². The lowest BCUT2D eigenvalue weighted by molar-refractivity contribution is -0.127. The van der Waals surface area contributed by atoms with Gasteiger partial charge >= 0.3 is 0 Å². The maximum Gasteiger partial charge on any atom is 0.253 e. The average molecular weight is 303 g/mol. The summed E-state index contributed by atoms with van der Waals surface area (Å²) >= 11 is 0. The van der Waals surface area contributed by atoms with Crippen LogP contribution in [0.3, 0.4) is 0 Å². The number of nitrogens with zero attached hydrogens (tertiary/aromatic N) is 2. The molecule has 5 heteroatoms. The largest absolute Gasteiger partial charge is 0.364 e. The highest BCUT2D eigenvalue weighted by atomic mass is 16.5. The number of carbonyl (C=O) groups excluding carboxylic acids is 1. The van der Waals surface area contributed by atoms with Gasteiger partial charge in [0.15, 0.2) is 0 Å². The first kappa shape index (κ1) is 15.4. The quantitative estimate of drug-likeness (QED) is 0.926. The number of nitrogens with one attached hydrogen (secondary N) is 1. The van der Waals surface area contributed by atoms with E-state index in [9.17, 15) is 4.79 Å². The van der Waals surface area contributed by atoms with Gasteiger partial charge in [-0.1, -0.05) is 6.92 Å². The first-order chi connectivity index (χ1) is 10.7. The van der Waals surface area contributed by atoms with E-state index in [-0.39, 0.29) is 18.1 Å². The van der Waals surface area contributed by atoms with Crippen LogP contribution in [0, 0.1) is 12.8 Å². The molecule has 2 fully saturated rings. The molecule has 0 radical (unpaired) electrons. The van der Waals surface area contributed by atoms with E-state index in [0.717, 1.165) is 43.9 Å². The Morgan fingerprint density at radius 2 is 2.41 bits per heavy atom. The van der Waals surface area contributed by atoms with Crippen molar-refractivity contribution >= 4 is 11.6 Å². The van der Waals surface area contributed by atoms with Crippen molar-refractivity contribution in [3.05, 3.63) is 24.0 Å². The van der Waals surface area contributed by atoms with Gasteiger partial charge < -0.3 is 15.0 Å². The zero-order valence-corrected chi connectivity index (χ0v) is 13.4. The molecule has 0 saturated carbocycles. The minimum absolute atomic E-state index is 0.0347. The number of hydrogen-bond donors (Lipinski definition) is 1. The van der Waals surface area contributed by atoms with E-state index in [1.54, 1.807) is 6.20 Å². The summed E-state index contributed by atoms with van der Waals surface area (Å²) in [5, 5.41) is 2.96. The smallest absolute Gasteiger partial charge is 0.253 e. The third-order valence-corrected chi connectivity index (χ3v) is 4.73. The van der Waals surface area contributed by atoms with Crippen LogP contribution in [0.2, 0.25) is 0 Å². The monoisotopic (exact) mass is 303 g/mol. The van der Waals surface area contributed by atoms with E-state index >= 15 is 0 Å². The summed E-state index contributed by atoms with van der Waals surface area (Å²) < 4.78 is 6.04. The molecule has 0 aliphatic carbocycles. The van der Waals surface area contributed by atoms with Gasteiger partial charge in [0.25, 0.3) is 5.91 Å². The number of ether oxygens (including phenoxy) is 1. The Morgan fingerprint density at radius 3 is 3.18 bits per heavy atom. The van der Waals surface area contributed by atoms with Crippen LogP contribution in [0.15, 0.2) is 18.3 Å². The topological polar surface area (TPSA) is 54.5 Å². The van der Waals surface area contributed by atoms with Gasteiger partial charge in [0.1, 0.15) is 6.10 Å². The van der Waals surface area contributed by atoms with Crippen molar-refractivity contribution in [2.24, 2.45) is 5.92 Å². The van der Waals surface area contributed by atoms with Gasteiger partial charge in [0, 0.05) is 12.7 Å². The summed E-state index contributed by atoms with van der Waals surface area (Å²) in [5.41, 5.74) is 1.61. The first-order valence-corrected chi connectivity index (χ1v) is 8.27. The Kier molecular flexibility index (Phi) is 4.74. The number of carbonyl (C=O) groups is 1. The number of likely N-dealkylation sites (tertiary alicyclic amines) is 1. The minimum Gasteiger partial charge on any atom is -0.364 e. The number of amides is 1. The molecule has 120 valence electrons. The van der Waals surface area contributed by atoms with E-state index in [4.69, 9.17) is 4.74 Å². The second-order valence-corrected chi connectivity index (χ2v) is 6.37. The molecule has 2 aliphatic heterocycles. The predicted molar refractivity (Wildman–Crippen MR) is 85.7 cm³/mol. The maximum atomic E-state index is 12.4. The Hall–Kier alpha value is -1.46. The lowest BCUT2D eigenvalue weighted by atomic mass is 9.91. The normalized spacial score (nSPS) is 28.4. The van der Waals surface area contributed by atoms with Gasteiger partial charge in [-0.25, -0.2) is 0 Å². The molecule has 3 atom stereocenters. The predicted octanol–water partition coefficient (Wildman–Crippen LogP) is 2.22. The molecule has 3 heterocycles. The number of aromatic nitrogens is 1. The highest BCUT2D eigenvalue weighted by Crippen LogP contribution is 2.33. The molecule has 1 aromatic rings. The minimum atomic E-state index is -0.323. The molecule has 0 unspecified atom stereocenters. The van der Waals surface area contributed by atoms with Crippen molar-refractivity contribution in [1.82, 2.24) is 9.88 Å². The molecule has 1 N–H and O–H groups in total. The van der Waals surface area contributed by atoms with Gasteiger partial charge in [-0.3, -0.25) is 9.78 Å². The Morgan fingerprint density at radius 1 is 1.55 bits per heavy atom. The van der Waals surface area contributed by atoms with Crippen LogP contribution >= 0.6 is 0 Å². The maximum absolute atomic E-state index is 12.4. The van der Waals surface area contributed by atoms with Crippen molar-refractivity contribution in [3.8, 4) is 0 Å². The van der Waals surface area contributed by atoms with Crippen LogP contribution in [0.4, 0.5) is 5.69 Å². The fourth-order valence-electron chi connectivity index (χ4n) is 3.51. The summed E-state index contributed by atoms with van der Waals surface area (Å²) in [7, 11) is 0. The number of hydrogen-bond acceptors (Lipinski definition) is 4. The number of piperidine rings is 1. The molecular formula is C17H25N3O2. The molecule has 22 heavy (non-hydrogen) atoms. The van der Waals surface area contributed by atoms with Crippen LogP contribution in [0.5, 0.6) is 0 Å². The first-order valence-electron chi connectivity index (χ1n) is 8.27. The van der Waals surface area contributed by atoms with Gasteiger partial charge in [-0.2, -0.15) is 0 Å². The molecular weight excluding hydrogens is 278 g/mol. The van der Waals surface area contributed by atoms with Gasteiger partial charge in [0.05, 0.1) is 17.5 Å². The summed E-state index contributed by atoms with van der Waals surface area (Å²) in [6.07, 6.45) is 4.77. The zero-order chi connectivity index (χ0) is 15.5. The lowest BCUT2D eigenvalue weighted by Crippen LogP contribution is -2.42. The van der Waals surface area contributed by atoms with Crippen LogP contribution < -0.4 is 5.32 Å². The second-order valence-electron chi connectivity index (χ2n) is 6.37. The van der Waals surface area contributed by atoms with Gasteiger partial charge in [-0.15, -0.1) is 0 Å². The van der Waals surface area contributed by atoms with Crippen LogP contribution in [0.25, 0.3) is 0 Å². The highest BCUT2D eigenvalue weighted by molar-refractivity contribution is 5.94. The van der Waals surface area contributed by atoms with Crippen molar-refractivity contribution in [2.45, 2.75) is 45.3 Å². The SMILES string of the molecule is CCCN1CC[C@@H]2C[C@H](C(=O)Nc3cccnc3C)O[C@@H]2C1. The Bertz CT molecular complexity index is 534. The third kappa shape index (κ3) is 3.31.